The third-order valence-electron chi connectivity index (χ3n) is 5.93. The van der Waals surface area contributed by atoms with Crippen molar-refractivity contribution in [2.45, 2.75) is 31.1 Å². The van der Waals surface area contributed by atoms with E-state index in [-0.39, 0.29) is 22.1 Å². The van der Waals surface area contributed by atoms with Crippen LogP contribution in [-0.2, 0) is 12.5 Å². The maximum atomic E-state index is 14.0. The van der Waals surface area contributed by atoms with Crippen molar-refractivity contribution in [1.29, 1.82) is 0 Å². The van der Waals surface area contributed by atoms with E-state index in [1.807, 2.05) is 6.92 Å². The lowest BCUT2D eigenvalue weighted by Crippen LogP contribution is -2.39. The van der Waals surface area contributed by atoms with Crippen molar-refractivity contribution >= 4 is 28.6 Å². The minimum absolute atomic E-state index is 0.0247. The van der Waals surface area contributed by atoms with E-state index in [1.54, 1.807) is 36.4 Å². The zero-order valence-corrected chi connectivity index (χ0v) is 20.7. The summed E-state index contributed by atoms with van der Waals surface area (Å²) in [6.07, 6.45) is 3.99. The van der Waals surface area contributed by atoms with Gasteiger partial charge >= 0.3 is 0 Å². The normalized spacial score (nSPS) is 15.1. The quantitative estimate of drug-likeness (QED) is 0.355. The maximum Gasteiger partial charge on any atom is 0.282 e. The van der Waals surface area contributed by atoms with Gasteiger partial charge in [-0.3, -0.25) is 4.79 Å². The van der Waals surface area contributed by atoms with Crippen LogP contribution in [-0.4, -0.2) is 49.5 Å². The van der Waals surface area contributed by atoms with Crippen LogP contribution in [0.2, 0.25) is 0 Å². The van der Waals surface area contributed by atoms with Crippen molar-refractivity contribution in [3.8, 4) is 16.5 Å². The number of halogens is 2. The number of carbonyl (C=O) groups is 1. The molecule has 1 amide bonds. The fourth-order valence-corrected chi connectivity index (χ4v) is 5.62. The number of nitrogens with one attached hydrogen (secondary N) is 1. The minimum Gasteiger partial charge on any atom is -0.481 e. The van der Waals surface area contributed by atoms with Gasteiger partial charge < -0.3 is 10.1 Å². The molecule has 0 radical (unpaired) electrons. The summed E-state index contributed by atoms with van der Waals surface area (Å²) < 4.78 is 34.4. The SMILES string of the molecule is COc1c(C(C)(CNC(=O)c2nnc(-c3ccc(F)nc3F)s2)c2nc(C3CC3)cs2)cnn1C. The number of aryl methyl sites for hydroxylation is 1. The lowest BCUT2D eigenvalue weighted by molar-refractivity contribution is 0.0946. The molecule has 1 fully saturated rings. The summed E-state index contributed by atoms with van der Waals surface area (Å²) in [6, 6.07) is 2.24. The van der Waals surface area contributed by atoms with Crippen LogP contribution in [0.15, 0.2) is 23.7 Å². The van der Waals surface area contributed by atoms with Crippen LogP contribution in [0, 0.1) is 11.9 Å². The van der Waals surface area contributed by atoms with Crippen LogP contribution in [0.1, 0.15) is 51.8 Å². The number of nitrogens with zero attached hydrogens (tertiary/aromatic N) is 6. The third kappa shape index (κ3) is 4.41. The van der Waals surface area contributed by atoms with E-state index in [4.69, 9.17) is 9.72 Å². The van der Waals surface area contributed by atoms with Gasteiger partial charge in [-0.1, -0.05) is 11.3 Å². The first kappa shape index (κ1) is 23.4. The van der Waals surface area contributed by atoms with Crippen molar-refractivity contribution in [2.75, 3.05) is 13.7 Å². The molecule has 1 unspecified atom stereocenters. The smallest absolute Gasteiger partial charge is 0.282 e. The highest BCUT2D eigenvalue weighted by atomic mass is 32.1. The largest absolute Gasteiger partial charge is 0.481 e. The number of ether oxygens (including phenoxy) is 1. The van der Waals surface area contributed by atoms with E-state index in [0.29, 0.717) is 11.8 Å². The second-order valence-corrected chi connectivity index (χ2v) is 10.3. The van der Waals surface area contributed by atoms with Gasteiger partial charge in [0.1, 0.15) is 5.01 Å². The van der Waals surface area contributed by atoms with Crippen LogP contribution in [0.25, 0.3) is 10.6 Å². The Bertz CT molecular complexity index is 1400. The first-order valence-corrected chi connectivity index (χ1v) is 12.5. The molecule has 0 aromatic carbocycles. The van der Waals surface area contributed by atoms with Crippen molar-refractivity contribution in [1.82, 2.24) is 35.3 Å². The molecule has 0 aliphatic heterocycles. The number of methoxy groups -OCH3 is 1. The number of amides is 1. The van der Waals surface area contributed by atoms with Crippen molar-refractivity contribution in [2.24, 2.45) is 7.05 Å². The lowest BCUT2D eigenvalue weighted by atomic mass is 9.84. The number of aromatic nitrogens is 6. The number of rotatable bonds is 8. The Morgan fingerprint density at radius 2 is 2.09 bits per heavy atom. The zero-order chi connectivity index (χ0) is 24.7. The topological polar surface area (TPSA) is 108 Å². The average molecular weight is 518 g/mol. The van der Waals surface area contributed by atoms with Crippen molar-refractivity contribution < 1.29 is 18.3 Å². The summed E-state index contributed by atoms with van der Waals surface area (Å²) in [4.78, 5) is 21.0. The second kappa shape index (κ2) is 9.04. The molecular formula is C22H21F2N7O2S2. The number of carbonyl (C=O) groups excluding carboxylic acids is 1. The number of hydrogen-bond donors (Lipinski definition) is 1. The van der Waals surface area contributed by atoms with Gasteiger partial charge in [0.25, 0.3) is 5.91 Å². The summed E-state index contributed by atoms with van der Waals surface area (Å²) in [5.41, 5.74) is 1.10. The molecule has 1 aliphatic carbocycles. The Labute approximate surface area is 207 Å². The van der Waals surface area contributed by atoms with Crippen LogP contribution >= 0.6 is 22.7 Å². The molecule has 13 heteroatoms. The third-order valence-corrected chi connectivity index (χ3v) is 8.01. The van der Waals surface area contributed by atoms with Gasteiger partial charge in [-0.05, 0) is 31.9 Å². The summed E-state index contributed by atoms with van der Waals surface area (Å²) in [5, 5.41) is 18.1. The molecule has 35 heavy (non-hydrogen) atoms. The van der Waals surface area contributed by atoms with E-state index in [0.717, 1.165) is 46.5 Å². The standard InChI is InChI=1S/C22H21F2N7O2S2/c1-22(13-8-26-31(2)20(13)33-3,21-27-14(9-34-21)11-4-5-11)10-25-17(32)19-30-29-18(35-19)12-6-7-15(23)28-16(12)24/h6-9,11H,4-5,10H2,1-3H3,(H,25,32). The van der Waals surface area contributed by atoms with Gasteiger partial charge in [-0.25, -0.2) is 9.67 Å². The molecule has 1 aliphatic rings. The predicted molar refractivity (Wildman–Crippen MR) is 126 cm³/mol. The molecule has 4 aromatic heterocycles. The highest BCUT2D eigenvalue weighted by Gasteiger charge is 2.39. The molecule has 9 nitrogen and oxygen atoms in total. The Kier molecular flexibility index (Phi) is 6.05. The van der Waals surface area contributed by atoms with E-state index >= 15 is 0 Å². The molecule has 0 bridgehead atoms. The molecule has 1 atom stereocenters. The molecule has 4 aromatic rings. The van der Waals surface area contributed by atoms with E-state index in [1.165, 1.54) is 6.07 Å². The van der Waals surface area contributed by atoms with Gasteiger partial charge in [0.15, 0.2) is 5.01 Å². The Morgan fingerprint density at radius 1 is 1.29 bits per heavy atom. The van der Waals surface area contributed by atoms with Crippen LogP contribution in [0.3, 0.4) is 0 Å². The van der Waals surface area contributed by atoms with E-state index < -0.39 is 23.2 Å². The number of thiazole rings is 1. The maximum absolute atomic E-state index is 14.0. The van der Waals surface area contributed by atoms with Crippen molar-refractivity contribution in [3.63, 3.8) is 0 Å². The van der Waals surface area contributed by atoms with Crippen LogP contribution in [0.5, 0.6) is 5.88 Å². The van der Waals surface area contributed by atoms with Gasteiger partial charge in [0.05, 0.1) is 30.0 Å². The molecule has 0 saturated heterocycles. The first-order valence-electron chi connectivity index (χ1n) is 10.8. The highest BCUT2D eigenvalue weighted by molar-refractivity contribution is 7.16. The average Bonchev–Trinajstić information content (AvgIpc) is 3.23. The monoisotopic (exact) mass is 517 g/mol. The molecule has 0 spiro atoms. The Balaban J connectivity index is 1.41. The number of hydrogen-bond acceptors (Lipinski definition) is 9. The Morgan fingerprint density at radius 3 is 2.80 bits per heavy atom. The lowest BCUT2D eigenvalue weighted by Gasteiger charge is -2.27. The minimum atomic E-state index is -1.01. The molecular weight excluding hydrogens is 496 g/mol. The zero-order valence-electron chi connectivity index (χ0n) is 19.1. The molecule has 1 saturated carbocycles. The van der Waals surface area contributed by atoms with Crippen molar-refractivity contribution in [3.05, 3.63) is 56.9 Å². The van der Waals surface area contributed by atoms with Crippen LogP contribution < -0.4 is 10.1 Å². The van der Waals surface area contributed by atoms with Gasteiger partial charge in [0.2, 0.25) is 22.8 Å². The molecule has 4 heterocycles. The predicted octanol–water partition coefficient (Wildman–Crippen LogP) is 3.69. The first-order chi connectivity index (χ1) is 16.8. The van der Waals surface area contributed by atoms with Gasteiger partial charge in [-0.2, -0.15) is 18.9 Å². The summed E-state index contributed by atoms with van der Waals surface area (Å²) in [7, 11) is 3.36. The fraction of sp³-hybridized carbons (Fsp3) is 0.364. The highest BCUT2D eigenvalue weighted by Crippen LogP contribution is 2.44. The van der Waals surface area contributed by atoms with Gasteiger partial charge in [-0.15, -0.1) is 21.5 Å². The fourth-order valence-electron chi connectivity index (χ4n) is 3.77. The molecule has 5 rings (SSSR count). The number of pyridine rings is 1. The molecule has 182 valence electrons. The molecule has 1 N–H and O–H groups in total. The Hall–Kier alpha value is -3.32. The van der Waals surface area contributed by atoms with E-state index in [9.17, 15) is 13.6 Å². The second-order valence-electron chi connectivity index (χ2n) is 8.44. The summed E-state index contributed by atoms with van der Waals surface area (Å²) in [6.45, 7) is 2.17. The summed E-state index contributed by atoms with van der Waals surface area (Å²) in [5.74, 6) is -1.36. The van der Waals surface area contributed by atoms with E-state index in [2.05, 4.69) is 31.0 Å². The summed E-state index contributed by atoms with van der Waals surface area (Å²) >= 11 is 2.43. The van der Waals surface area contributed by atoms with Crippen LogP contribution in [0.4, 0.5) is 8.78 Å². The van der Waals surface area contributed by atoms with Gasteiger partial charge in [0, 0.05) is 30.5 Å².